The number of alkyl halides is 3. The molecule has 2 saturated heterocycles. The number of amides is 3. The summed E-state index contributed by atoms with van der Waals surface area (Å²) in [6, 6.07) is 2.52. The Labute approximate surface area is 167 Å². The molecule has 0 aromatic carbocycles. The lowest BCUT2D eigenvalue weighted by molar-refractivity contribution is -0.141. The average molecular weight is 410 g/mol. The molecule has 2 aliphatic heterocycles. The molecule has 158 valence electrons. The van der Waals surface area contributed by atoms with Crippen LogP contribution < -0.4 is 5.73 Å². The Bertz CT molecular complexity index is 782. The predicted molar refractivity (Wildman–Crippen MR) is 98.6 cm³/mol. The van der Waals surface area contributed by atoms with Gasteiger partial charge in [0.25, 0.3) is 0 Å². The number of hydrogen-bond donors (Lipinski definition) is 1. The van der Waals surface area contributed by atoms with E-state index in [2.05, 4.69) is 4.98 Å². The maximum absolute atomic E-state index is 12.7. The Morgan fingerprint density at radius 3 is 2.52 bits per heavy atom. The molecule has 3 amide bonds. The Morgan fingerprint density at radius 2 is 1.93 bits per heavy atom. The van der Waals surface area contributed by atoms with Crippen LogP contribution in [-0.4, -0.2) is 52.9 Å². The Kier molecular flexibility index (Phi) is 4.94. The van der Waals surface area contributed by atoms with Crippen molar-refractivity contribution in [3.8, 4) is 0 Å². The van der Waals surface area contributed by atoms with E-state index in [-0.39, 0.29) is 23.3 Å². The van der Waals surface area contributed by atoms with Crippen molar-refractivity contribution < 1.29 is 22.8 Å². The van der Waals surface area contributed by atoms with E-state index in [1.165, 1.54) is 12.3 Å². The van der Waals surface area contributed by atoms with Crippen LogP contribution in [0.2, 0.25) is 0 Å². The first kappa shape index (κ1) is 20.0. The molecular weight excluding hydrogens is 385 g/mol. The molecule has 3 aliphatic rings. The number of nitrogens with zero attached hydrogens (tertiary/aromatic N) is 3. The maximum atomic E-state index is 12.7. The average Bonchev–Trinajstić information content (AvgIpc) is 2.61. The third kappa shape index (κ3) is 4.04. The van der Waals surface area contributed by atoms with Gasteiger partial charge in [0.15, 0.2) is 0 Å². The number of carbonyl (C=O) groups is 2. The van der Waals surface area contributed by atoms with Gasteiger partial charge in [-0.25, -0.2) is 4.79 Å². The third-order valence-electron chi connectivity index (χ3n) is 6.50. The van der Waals surface area contributed by atoms with Crippen molar-refractivity contribution in [2.24, 2.45) is 23.0 Å². The van der Waals surface area contributed by atoms with Crippen LogP contribution in [0.1, 0.15) is 36.9 Å². The summed E-state index contributed by atoms with van der Waals surface area (Å²) in [5.41, 5.74) is 5.49. The van der Waals surface area contributed by atoms with Gasteiger partial charge in [-0.15, -0.1) is 0 Å². The minimum absolute atomic E-state index is 0.0167. The summed E-state index contributed by atoms with van der Waals surface area (Å²) < 4.78 is 37.8. The molecule has 1 aromatic heterocycles. The molecule has 3 heterocycles. The van der Waals surface area contributed by atoms with Crippen molar-refractivity contribution in [2.75, 3.05) is 26.2 Å². The number of primary amides is 1. The van der Waals surface area contributed by atoms with E-state index >= 15 is 0 Å². The van der Waals surface area contributed by atoms with Gasteiger partial charge in [0.2, 0.25) is 5.91 Å². The summed E-state index contributed by atoms with van der Waals surface area (Å²) >= 11 is 0. The smallest absolute Gasteiger partial charge is 0.369 e. The highest BCUT2D eigenvalue weighted by Gasteiger charge is 2.54. The highest BCUT2D eigenvalue weighted by atomic mass is 19.4. The van der Waals surface area contributed by atoms with Gasteiger partial charge >= 0.3 is 12.2 Å². The molecule has 2 N–H and O–H groups in total. The number of aromatic nitrogens is 1. The third-order valence-corrected chi connectivity index (χ3v) is 6.50. The van der Waals surface area contributed by atoms with E-state index in [1.54, 1.807) is 4.90 Å². The summed E-state index contributed by atoms with van der Waals surface area (Å²) in [5.74, 6) is -0.185. The minimum Gasteiger partial charge on any atom is -0.369 e. The fourth-order valence-electron chi connectivity index (χ4n) is 5.10. The van der Waals surface area contributed by atoms with Crippen LogP contribution in [-0.2, 0) is 17.4 Å². The first-order chi connectivity index (χ1) is 13.7. The standard InChI is InChI=1S/C20H25F3N4O2/c21-20(22,23)16-4-3-13(9-25-16)6-14-7-19(8-14)11-27(12-19)18(29)26-5-1-2-15(10-26)17(24)28/h3-4,9,14-15H,1-2,5-8,10-12H2,(H2,24,28). The van der Waals surface area contributed by atoms with E-state index in [9.17, 15) is 22.8 Å². The number of carbonyl (C=O) groups excluding carboxylic acids is 2. The number of hydrogen-bond acceptors (Lipinski definition) is 3. The molecule has 29 heavy (non-hydrogen) atoms. The molecule has 9 heteroatoms. The van der Waals surface area contributed by atoms with Crippen LogP contribution in [0.4, 0.5) is 18.0 Å². The largest absolute Gasteiger partial charge is 0.433 e. The van der Waals surface area contributed by atoms with Crippen molar-refractivity contribution in [3.63, 3.8) is 0 Å². The molecule has 4 rings (SSSR count). The van der Waals surface area contributed by atoms with Crippen LogP contribution in [0.15, 0.2) is 18.3 Å². The Hall–Kier alpha value is -2.32. The molecule has 1 aromatic rings. The number of likely N-dealkylation sites (tertiary alicyclic amines) is 2. The fraction of sp³-hybridized carbons (Fsp3) is 0.650. The monoisotopic (exact) mass is 410 g/mol. The molecule has 1 atom stereocenters. The zero-order chi connectivity index (χ0) is 20.8. The highest BCUT2D eigenvalue weighted by molar-refractivity contribution is 5.80. The summed E-state index contributed by atoms with van der Waals surface area (Å²) in [6.07, 6.45) is 1.10. The molecule has 1 unspecified atom stereocenters. The number of rotatable bonds is 3. The van der Waals surface area contributed by atoms with Gasteiger partial charge in [-0.2, -0.15) is 13.2 Å². The van der Waals surface area contributed by atoms with E-state index in [0.29, 0.717) is 38.5 Å². The van der Waals surface area contributed by atoms with E-state index < -0.39 is 11.9 Å². The van der Waals surface area contributed by atoms with Crippen LogP contribution in [0.25, 0.3) is 0 Å². The number of piperidine rings is 1. The molecule has 1 saturated carbocycles. The van der Waals surface area contributed by atoms with Gasteiger partial charge in [-0.1, -0.05) is 6.07 Å². The van der Waals surface area contributed by atoms with Crippen LogP contribution in [0.5, 0.6) is 0 Å². The SMILES string of the molecule is NC(=O)C1CCCN(C(=O)N2CC3(CC(Cc4ccc(C(F)(F)F)nc4)C3)C2)C1. The van der Waals surface area contributed by atoms with Gasteiger partial charge < -0.3 is 15.5 Å². The summed E-state index contributed by atoms with van der Waals surface area (Å²) in [7, 11) is 0. The molecule has 1 spiro atoms. The van der Waals surface area contributed by atoms with Crippen molar-refractivity contribution >= 4 is 11.9 Å². The molecule has 3 fully saturated rings. The lowest BCUT2D eigenvalue weighted by Gasteiger charge is -2.60. The van der Waals surface area contributed by atoms with Crippen LogP contribution in [0.3, 0.4) is 0 Å². The van der Waals surface area contributed by atoms with Crippen molar-refractivity contribution in [1.29, 1.82) is 0 Å². The molecule has 0 radical (unpaired) electrons. The van der Waals surface area contributed by atoms with E-state index in [0.717, 1.165) is 37.3 Å². The Balaban J connectivity index is 1.23. The molecule has 1 aliphatic carbocycles. The number of nitrogens with two attached hydrogens (primary N) is 1. The topological polar surface area (TPSA) is 79.5 Å². The second kappa shape index (κ2) is 7.18. The normalized spacial score (nSPS) is 24.2. The van der Waals surface area contributed by atoms with Crippen LogP contribution >= 0.6 is 0 Å². The predicted octanol–water partition coefficient (Wildman–Crippen LogP) is 2.67. The zero-order valence-electron chi connectivity index (χ0n) is 16.1. The second-order valence-electron chi connectivity index (χ2n) is 8.85. The van der Waals surface area contributed by atoms with Crippen molar-refractivity contribution in [1.82, 2.24) is 14.8 Å². The number of pyridine rings is 1. The second-order valence-corrected chi connectivity index (χ2v) is 8.85. The van der Waals surface area contributed by atoms with E-state index in [1.807, 2.05) is 4.90 Å². The first-order valence-electron chi connectivity index (χ1n) is 10.0. The fourth-order valence-corrected chi connectivity index (χ4v) is 5.10. The van der Waals surface area contributed by atoms with Crippen molar-refractivity contribution in [3.05, 3.63) is 29.6 Å². The molecule has 0 bridgehead atoms. The zero-order valence-corrected chi connectivity index (χ0v) is 16.1. The molecule has 6 nitrogen and oxygen atoms in total. The highest BCUT2D eigenvalue weighted by Crippen LogP contribution is 2.53. The number of urea groups is 1. The van der Waals surface area contributed by atoms with E-state index in [4.69, 9.17) is 5.73 Å². The van der Waals surface area contributed by atoms with Gasteiger partial charge in [0, 0.05) is 37.8 Å². The van der Waals surface area contributed by atoms with Gasteiger partial charge in [-0.05, 0) is 49.7 Å². The Morgan fingerprint density at radius 1 is 1.21 bits per heavy atom. The molecular formula is C20H25F3N4O2. The quantitative estimate of drug-likeness (QED) is 0.832. The van der Waals surface area contributed by atoms with Crippen molar-refractivity contribution in [2.45, 2.75) is 38.3 Å². The number of halogens is 3. The summed E-state index contributed by atoms with van der Waals surface area (Å²) in [5, 5.41) is 0. The van der Waals surface area contributed by atoms with Crippen LogP contribution in [0, 0.1) is 17.3 Å². The van der Waals surface area contributed by atoms with Gasteiger partial charge in [0.05, 0.1) is 5.92 Å². The maximum Gasteiger partial charge on any atom is 0.433 e. The lowest BCUT2D eigenvalue weighted by Crippen LogP contribution is -2.66. The summed E-state index contributed by atoms with van der Waals surface area (Å²) in [4.78, 5) is 31.1. The first-order valence-corrected chi connectivity index (χ1v) is 10.0. The van der Waals surface area contributed by atoms with Gasteiger partial charge in [-0.3, -0.25) is 9.78 Å². The summed E-state index contributed by atoms with van der Waals surface area (Å²) in [6.45, 7) is 2.49. The van der Waals surface area contributed by atoms with Gasteiger partial charge in [0.1, 0.15) is 5.69 Å². The minimum atomic E-state index is -4.41. The lowest BCUT2D eigenvalue weighted by atomic mass is 9.56.